The minimum absolute atomic E-state index is 0.156. The molecule has 4 heteroatoms. The Bertz CT molecular complexity index is 573. The first-order valence-corrected chi connectivity index (χ1v) is 6.87. The summed E-state index contributed by atoms with van der Waals surface area (Å²) in [6.45, 7) is 6.67. The lowest BCUT2D eigenvalue weighted by molar-refractivity contribution is -0.0150. The summed E-state index contributed by atoms with van der Waals surface area (Å²) in [4.78, 5) is 4.11. The molecule has 0 bridgehead atoms. The van der Waals surface area contributed by atoms with E-state index < -0.39 is 0 Å². The molecule has 0 saturated heterocycles. The minimum Gasteiger partial charge on any atom is -0.481 e. The number of ether oxygens (including phenoxy) is 3. The number of methoxy groups -OCH3 is 1. The third-order valence-electron chi connectivity index (χ3n) is 2.72. The van der Waals surface area contributed by atoms with Crippen molar-refractivity contribution in [3.63, 3.8) is 0 Å². The third kappa shape index (κ3) is 5.08. The van der Waals surface area contributed by atoms with Crippen LogP contribution in [0.25, 0.3) is 0 Å². The summed E-state index contributed by atoms with van der Waals surface area (Å²) >= 11 is 0. The molecular weight excluding hydrogens is 266 g/mol. The summed E-state index contributed by atoms with van der Waals surface area (Å²) in [7, 11) is 1.58. The van der Waals surface area contributed by atoms with Gasteiger partial charge in [-0.1, -0.05) is 12.1 Å². The Balaban J connectivity index is 2.03. The number of hydrogen-bond donors (Lipinski definition) is 0. The van der Waals surface area contributed by atoms with Gasteiger partial charge in [0.1, 0.15) is 11.5 Å². The zero-order valence-electron chi connectivity index (χ0n) is 12.9. The SMILES string of the molecule is COc1ccc(Oc2cccc(COC(C)(C)C)c2)cn1. The molecule has 0 amide bonds. The van der Waals surface area contributed by atoms with Gasteiger partial charge in [-0.3, -0.25) is 0 Å². The van der Waals surface area contributed by atoms with Crippen LogP contribution in [0.3, 0.4) is 0 Å². The summed E-state index contributed by atoms with van der Waals surface area (Å²) in [6, 6.07) is 11.4. The maximum atomic E-state index is 5.78. The van der Waals surface area contributed by atoms with Crippen molar-refractivity contribution in [2.45, 2.75) is 33.0 Å². The van der Waals surface area contributed by atoms with E-state index in [1.54, 1.807) is 19.4 Å². The van der Waals surface area contributed by atoms with E-state index in [0.29, 0.717) is 18.2 Å². The van der Waals surface area contributed by atoms with Crippen molar-refractivity contribution in [2.24, 2.45) is 0 Å². The molecule has 2 aromatic rings. The predicted molar refractivity (Wildman–Crippen MR) is 81.8 cm³/mol. The van der Waals surface area contributed by atoms with Gasteiger partial charge in [0.15, 0.2) is 0 Å². The van der Waals surface area contributed by atoms with Gasteiger partial charge < -0.3 is 14.2 Å². The Kier molecular flexibility index (Phi) is 4.81. The first-order valence-electron chi connectivity index (χ1n) is 6.87. The monoisotopic (exact) mass is 287 g/mol. The van der Waals surface area contributed by atoms with Crippen LogP contribution in [0.2, 0.25) is 0 Å². The van der Waals surface area contributed by atoms with Gasteiger partial charge >= 0.3 is 0 Å². The van der Waals surface area contributed by atoms with Gasteiger partial charge in [-0.05, 0) is 44.5 Å². The Hall–Kier alpha value is -2.07. The molecular formula is C17H21NO3. The summed E-state index contributed by atoms with van der Waals surface area (Å²) < 4.78 is 16.6. The normalized spacial score (nSPS) is 11.2. The quantitative estimate of drug-likeness (QED) is 0.826. The molecule has 1 aromatic heterocycles. The van der Waals surface area contributed by atoms with Gasteiger partial charge in [0.05, 0.1) is 25.5 Å². The standard InChI is InChI=1S/C17H21NO3/c1-17(2,3)20-12-13-6-5-7-14(10-13)21-15-8-9-16(19-4)18-11-15/h5-11H,12H2,1-4H3. The van der Waals surface area contributed by atoms with Crippen molar-refractivity contribution in [1.82, 2.24) is 4.98 Å². The van der Waals surface area contributed by atoms with E-state index in [2.05, 4.69) is 4.98 Å². The first-order chi connectivity index (χ1) is 9.96. The van der Waals surface area contributed by atoms with Crippen molar-refractivity contribution < 1.29 is 14.2 Å². The van der Waals surface area contributed by atoms with Crippen LogP contribution in [-0.4, -0.2) is 17.7 Å². The lowest BCUT2D eigenvalue weighted by atomic mass is 10.2. The highest BCUT2D eigenvalue weighted by atomic mass is 16.5. The number of nitrogens with zero attached hydrogens (tertiary/aromatic N) is 1. The van der Waals surface area contributed by atoms with Crippen LogP contribution in [0.5, 0.6) is 17.4 Å². The zero-order chi connectivity index (χ0) is 15.3. The minimum atomic E-state index is -0.156. The zero-order valence-corrected chi connectivity index (χ0v) is 12.9. The summed E-state index contributed by atoms with van der Waals surface area (Å²) in [5, 5.41) is 0. The number of aromatic nitrogens is 1. The molecule has 0 unspecified atom stereocenters. The van der Waals surface area contributed by atoms with Crippen molar-refractivity contribution >= 4 is 0 Å². The Labute approximate surface area is 125 Å². The highest BCUT2D eigenvalue weighted by Gasteiger charge is 2.10. The molecule has 0 fully saturated rings. The maximum Gasteiger partial charge on any atom is 0.213 e. The van der Waals surface area contributed by atoms with E-state index in [-0.39, 0.29) is 5.60 Å². The molecule has 2 rings (SSSR count). The van der Waals surface area contributed by atoms with Crippen molar-refractivity contribution in [2.75, 3.05) is 7.11 Å². The molecule has 0 radical (unpaired) electrons. The van der Waals surface area contributed by atoms with Crippen molar-refractivity contribution in [1.29, 1.82) is 0 Å². The molecule has 1 aromatic carbocycles. The Morgan fingerprint density at radius 1 is 1.05 bits per heavy atom. The van der Waals surface area contributed by atoms with E-state index >= 15 is 0 Å². The van der Waals surface area contributed by atoms with Crippen LogP contribution in [0.15, 0.2) is 42.6 Å². The van der Waals surface area contributed by atoms with Gasteiger partial charge in [-0.25, -0.2) is 4.98 Å². The van der Waals surface area contributed by atoms with Crippen LogP contribution >= 0.6 is 0 Å². The Morgan fingerprint density at radius 3 is 2.48 bits per heavy atom. The molecule has 0 N–H and O–H groups in total. The second kappa shape index (κ2) is 6.59. The lowest BCUT2D eigenvalue weighted by Gasteiger charge is -2.19. The fourth-order valence-electron chi connectivity index (χ4n) is 1.68. The van der Waals surface area contributed by atoms with Crippen molar-refractivity contribution in [3.05, 3.63) is 48.2 Å². The molecule has 0 atom stereocenters. The van der Waals surface area contributed by atoms with Gasteiger partial charge in [-0.2, -0.15) is 0 Å². The summed E-state index contributed by atoms with van der Waals surface area (Å²) in [5.41, 5.74) is 0.917. The molecule has 112 valence electrons. The highest BCUT2D eigenvalue weighted by molar-refractivity contribution is 5.33. The number of pyridine rings is 1. The number of benzene rings is 1. The molecule has 0 saturated carbocycles. The molecule has 0 aliphatic rings. The van der Waals surface area contributed by atoms with Crippen LogP contribution in [0, 0.1) is 0 Å². The fourth-order valence-corrected chi connectivity index (χ4v) is 1.68. The number of rotatable bonds is 5. The molecule has 0 aliphatic heterocycles. The molecule has 0 spiro atoms. The van der Waals surface area contributed by atoms with E-state index in [4.69, 9.17) is 14.2 Å². The van der Waals surface area contributed by atoms with Gasteiger partial charge in [0.2, 0.25) is 5.88 Å². The molecule has 21 heavy (non-hydrogen) atoms. The van der Waals surface area contributed by atoms with Crippen molar-refractivity contribution in [3.8, 4) is 17.4 Å². The molecule has 4 nitrogen and oxygen atoms in total. The fraction of sp³-hybridized carbons (Fsp3) is 0.353. The average Bonchev–Trinajstić information content (AvgIpc) is 2.46. The Morgan fingerprint density at radius 2 is 1.86 bits per heavy atom. The van der Waals surface area contributed by atoms with Gasteiger partial charge in [0.25, 0.3) is 0 Å². The number of hydrogen-bond acceptors (Lipinski definition) is 4. The van der Waals surface area contributed by atoms with E-state index in [1.165, 1.54) is 0 Å². The summed E-state index contributed by atoms with van der Waals surface area (Å²) in [6.07, 6.45) is 1.64. The molecule has 0 aliphatic carbocycles. The van der Waals surface area contributed by atoms with E-state index in [1.807, 2.05) is 51.1 Å². The lowest BCUT2D eigenvalue weighted by Crippen LogP contribution is -2.18. The van der Waals surface area contributed by atoms with Gasteiger partial charge in [-0.15, -0.1) is 0 Å². The predicted octanol–water partition coefficient (Wildman–Crippen LogP) is 4.20. The topological polar surface area (TPSA) is 40.6 Å². The largest absolute Gasteiger partial charge is 0.481 e. The maximum absolute atomic E-state index is 5.78. The van der Waals surface area contributed by atoms with Crippen LogP contribution < -0.4 is 9.47 Å². The van der Waals surface area contributed by atoms with Crippen LogP contribution in [-0.2, 0) is 11.3 Å². The van der Waals surface area contributed by atoms with Crippen LogP contribution in [0.4, 0.5) is 0 Å². The first kappa shape index (κ1) is 15.3. The molecule has 1 heterocycles. The highest BCUT2D eigenvalue weighted by Crippen LogP contribution is 2.23. The third-order valence-corrected chi connectivity index (χ3v) is 2.72. The smallest absolute Gasteiger partial charge is 0.213 e. The van der Waals surface area contributed by atoms with E-state index in [9.17, 15) is 0 Å². The summed E-state index contributed by atoms with van der Waals surface area (Å²) in [5.74, 6) is 2.00. The van der Waals surface area contributed by atoms with Crippen LogP contribution in [0.1, 0.15) is 26.3 Å². The second-order valence-corrected chi connectivity index (χ2v) is 5.69. The average molecular weight is 287 g/mol. The van der Waals surface area contributed by atoms with E-state index in [0.717, 1.165) is 11.3 Å². The van der Waals surface area contributed by atoms with Gasteiger partial charge in [0, 0.05) is 6.07 Å². The second-order valence-electron chi connectivity index (χ2n) is 5.69.